The van der Waals surface area contributed by atoms with E-state index in [4.69, 9.17) is 11.6 Å². The lowest BCUT2D eigenvalue weighted by molar-refractivity contribution is -0.142. The quantitative estimate of drug-likeness (QED) is 0.455. The van der Waals surface area contributed by atoms with Crippen molar-refractivity contribution < 1.29 is 27.5 Å². The van der Waals surface area contributed by atoms with Crippen LogP contribution >= 0.6 is 11.6 Å². The number of amides is 1. The first-order chi connectivity index (χ1) is 15.2. The molecule has 10 heteroatoms. The third-order valence-electron chi connectivity index (χ3n) is 4.44. The first-order valence-electron chi connectivity index (χ1n) is 9.35. The van der Waals surface area contributed by atoms with Crippen LogP contribution in [0.4, 0.5) is 24.8 Å². The van der Waals surface area contributed by atoms with Gasteiger partial charge in [0.2, 0.25) is 11.9 Å². The van der Waals surface area contributed by atoms with E-state index in [9.17, 15) is 22.8 Å². The Morgan fingerprint density at radius 1 is 1.06 bits per heavy atom. The van der Waals surface area contributed by atoms with Crippen molar-refractivity contribution in [2.24, 2.45) is 0 Å². The van der Waals surface area contributed by atoms with Crippen LogP contribution in [0.2, 0.25) is 5.02 Å². The molecule has 0 unspecified atom stereocenters. The summed E-state index contributed by atoms with van der Waals surface area (Å²) in [6.07, 6.45) is -3.57. The van der Waals surface area contributed by atoms with E-state index in [0.29, 0.717) is 16.3 Å². The second-order valence-corrected chi connectivity index (χ2v) is 7.04. The normalized spacial score (nSPS) is 11.2. The molecule has 0 aliphatic rings. The lowest BCUT2D eigenvalue weighted by atomic mass is 10.1. The van der Waals surface area contributed by atoms with Crippen molar-refractivity contribution in [2.45, 2.75) is 19.0 Å². The predicted molar refractivity (Wildman–Crippen MR) is 112 cm³/mol. The molecule has 0 aliphatic heterocycles. The van der Waals surface area contributed by atoms with Gasteiger partial charge in [0.15, 0.2) is 0 Å². The topological polar surface area (TPSA) is 72.4 Å². The number of hydrogen-bond donors (Lipinski definition) is 0. The van der Waals surface area contributed by atoms with Gasteiger partial charge in [-0.05, 0) is 42.5 Å². The van der Waals surface area contributed by atoms with E-state index >= 15 is 0 Å². The lowest BCUT2D eigenvalue weighted by Crippen LogP contribution is -2.28. The lowest BCUT2D eigenvalue weighted by Gasteiger charge is -2.22. The average molecular weight is 464 g/mol. The van der Waals surface area contributed by atoms with Gasteiger partial charge in [-0.1, -0.05) is 23.7 Å². The molecule has 0 bridgehead atoms. The zero-order chi connectivity index (χ0) is 23.3. The molecule has 0 spiro atoms. The van der Waals surface area contributed by atoms with Gasteiger partial charge in [-0.15, -0.1) is 0 Å². The summed E-state index contributed by atoms with van der Waals surface area (Å²) >= 11 is 6.04. The average Bonchev–Trinajstić information content (AvgIpc) is 2.77. The van der Waals surface area contributed by atoms with E-state index in [1.165, 1.54) is 13.3 Å². The number of alkyl halides is 3. The second-order valence-electron chi connectivity index (χ2n) is 6.60. The highest BCUT2D eigenvalue weighted by molar-refractivity contribution is 6.30. The molecule has 1 heterocycles. The number of methoxy groups -OCH3 is 1. The van der Waals surface area contributed by atoms with Crippen LogP contribution in [0, 0.1) is 0 Å². The van der Waals surface area contributed by atoms with Gasteiger partial charge in [-0.2, -0.15) is 13.2 Å². The van der Waals surface area contributed by atoms with Gasteiger partial charge in [0.25, 0.3) is 0 Å². The number of carbonyl (C=O) groups is 2. The molecule has 1 amide bonds. The Labute approximate surface area is 186 Å². The Morgan fingerprint density at radius 3 is 2.41 bits per heavy atom. The van der Waals surface area contributed by atoms with Crippen LogP contribution in [-0.4, -0.2) is 29.0 Å². The molecule has 0 saturated carbocycles. The third-order valence-corrected chi connectivity index (χ3v) is 4.67. The summed E-state index contributed by atoms with van der Waals surface area (Å²) in [5, 5.41) is 0.483. The van der Waals surface area contributed by atoms with Crippen LogP contribution < -0.4 is 4.90 Å². The summed E-state index contributed by atoms with van der Waals surface area (Å²) in [4.78, 5) is 34.0. The number of anilines is 2. The summed E-state index contributed by atoms with van der Waals surface area (Å²) in [6, 6.07) is 12.5. The Morgan fingerprint density at radius 2 is 1.78 bits per heavy atom. The van der Waals surface area contributed by atoms with Gasteiger partial charge in [0.1, 0.15) is 0 Å². The van der Waals surface area contributed by atoms with Crippen LogP contribution in [0.15, 0.2) is 60.8 Å². The van der Waals surface area contributed by atoms with E-state index in [1.54, 1.807) is 30.3 Å². The molecule has 0 fully saturated rings. The van der Waals surface area contributed by atoms with Gasteiger partial charge in [-0.25, -0.2) is 14.9 Å². The summed E-state index contributed by atoms with van der Waals surface area (Å²) in [6.45, 7) is 0. The molecule has 1 aromatic heterocycles. The molecule has 0 saturated heterocycles. The van der Waals surface area contributed by atoms with Crippen LogP contribution in [0.5, 0.6) is 0 Å². The van der Waals surface area contributed by atoms with Crippen LogP contribution in [0.3, 0.4) is 0 Å². The molecule has 3 rings (SSSR count). The summed E-state index contributed by atoms with van der Waals surface area (Å²) in [5.74, 6) is -1.24. The number of esters is 1. The zero-order valence-corrected chi connectivity index (χ0v) is 17.5. The first-order valence-corrected chi connectivity index (χ1v) is 9.73. The van der Waals surface area contributed by atoms with E-state index in [1.807, 2.05) is 0 Å². The maximum atomic E-state index is 13.0. The fraction of sp³-hybridized carbons (Fsp3) is 0.182. The SMILES string of the molecule is COC(=O)CCC(=O)N(c1ccc(C(F)(F)F)cc1)c1nccc(-c2cccc(Cl)c2)n1. The number of ether oxygens (including phenoxy) is 1. The largest absolute Gasteiger partial charge is 0.469 e. The number of benzene rings is 2. The van der Waals surface area contributed by atoms with E-state index < -0.39 is 23.6 Å². The molecular weight excluding hydrogens is 447 g/mol. The molecule has 2 aromatic carbocycles. The maximum absolute atomic E-state index is 13.0. The minimum atomic E-state index is -4.53. The first kappa shape index (κ1) is 23.2. The van der Waals surface area contributed by atoms with E-state index in [-0.39, 0.29) is 24.5 Å². The molecule has 32 heavy (non-hydrogen) atoms. The summed E-state index contributed by atoms with van der Waals surface area (Å²) in [7, 11) is 1.19. The Kier molecular flexibility index (Phi) is 7.09. The van der Waals surface area contributed by atoms with Gasteiger partial charge >= 0.3 is 12.1 Å². The fourth-order valence-corrected chi connectivity index (χ4v) is 3.05. The zero-order valence-electron chi connectivity index (χ0n) is 16.8. The molecule has 0 atom stereocenters. The van der Waals surface area contributed by atoms with E-state index in [0.717, 1.165) is 29.2 Å². The second kappa shape index (κ2) is 9.78. The predicted octanol–water partition coefficient (Wildman–Crippen LogP) is 5.43. The number of rotatable bonds is 6. The molecule has 0 radical (unpaired) electrons. The van der Waals surface area contributed by atoms with Crippen LogP contribution in [0.25, 0.3) is 11.3 Å². The smallest absolute Gasteiger partial charge is 0.416 e. The van der Waals surface area contributed by atoms with Crippen LogP contribution in [0.1, 0.15) is 18.4 Å². The maximum Gasteiger partial charge on any atom is 0.416 e. The van der Waals surface area contributed by atoms with Gasteiger partial charge in [0, 0.05) is 23.2 Å². The molecule has 0 aliphatic carbocycles. The minimum Gasteiger partial charge on any atom is -0.469 e. The monoisotopic (exact) mass is 463 g/mol. The van der Waals surface area contributed by atoms with E-state index in [2.05, 4.69) is 14.7 Å². The molecule has 0 N–H and O–H groups in total. The van der Waals surface area contributed by atoms with Crippen molar-refractivity contribution in [1.29, 1.82) is 0 Å². The molecule has 3 aromatic rings. The highest BCUT2D eigenvalue weighted by Gasteiger charge is 2.31. The fourth-order valence-electron chi connectivity index (χ4n) is 2.86. The highest BCUT2D eigenvalue weighted by atomic mass is 35.5. The third kappa shape index (κ3) is 5.61. The minimum absolute atomic E-state index is 0.0582. The van der Waals surface area contributed by atoms with Crippen molar-refractivity contribution in [3.63, 3.8) is 0 Å². The molecule has 6 nitrogen and oxygen atoms in total. The van der Waals surface area contributed by atoms with Crippen molar-refractivity contribution in [2.75, 3.05) is 12.0 Å². The standard InChI is InChI=1S/C22H17ClF3N3O3/c1-32-20(31)10-9-19(30)29(17-7-5-15(6-8-17)22(24,25)26)21-27-12-11-18(28-21)14-3-2-4-16(23)13-14/h2-8,11-13H,9-10H2,1H3. The summed E-state index contributed by atoms with van der Waals surface area (Å²) < 4.78 is 43.4. The van der Waals surface area contributed by atoms with Gasteiger partial charge in [0.05, 0.1) is 30.5 Å². The number of nitrogens with zero attached hydrogens (tertiary/aromatic N) is 3. The Bertz CT molecular complexity index is 1120. The highest BCUT2D eigenvalue weighted by Crippen LogP contribution is 2.32. The number of aromatic nitrogens is 2. The molecule has 166 valence electrons. The van der Waals surface area contributed by atoms with Crippen molar-refractivity contribution in [3.8, 4) is 11.3 Å². The van der Waals surface area contributed by atoms with Crippen molar-refractivity contribution in [3.05, 3.63) is 71.4 Å². The van der Waals surface area contributed by atoms with Crippen molar-refractivity contribution in [1.82, 2.24) is 9.97 Å². The Balaban J connectivity index is 2.01. The van der Waals surface area contributed by atoms with Gasteiger partial charge < -0.3 is 4.74 Å². The summed E-state index contributed by atoms with van der Waals surface area (Å²) in [5.41, 5.74) is 0.374. The number of carbonyl (C=O) groups excluding carboxylic acids is 2. The van der Waals surface area contributed by atoms with Gasteiger partial charge in [-0.3, -0.25) is 9.59 Å². The van der Waals surface area contributed by atoms with Crippen LogP contribution in [-0.2, 0) is 20.5 Å². The number of halogens is 4. The Hall–Kier alpha value is -3.46. The molecular formula is C22H17ClF3N3O3. The van der Waals surface area contributed by atoms with Crippen molar-refractivity contribution >= 4 is 35.1 Å². The number of hydrogen-bond acceptors (Lipinski definition) is 5.